The molecule has 5 aromatic rings. The molecule has 3 unspecified atom stereocenters. The quantitative estimate of drug-likeness (QED) is 0.0550. The highest BCUT2D eigenvalue weighted by molar-refractivity contribution is 6.07. The predicted molar refractivity (Wildman–Crippen MR) is 247 cm³/mol. The van der Waals surface area contributed by atoms with E-state index in [0.29, 0.717) is 60.1 Å². The van der Waals surface area contributed by atoms with E-state index in [0.717, 1.165) is 41.7 Å². The Hall–Kier alpha value is -7.31. The largest absolute Gasteiger partial charge is 0.493 e. The topological polar surface area (TPSA) is 221 Å². The van der Waals surface area contributed by atoms with Gasteiger partial charge in [0.1, 0.15) is 11.4 Å². The number of aromatic nitrogens is 2. The van der Waals surface area contributed by atoms with Crippen molar-refractivity contribution in [2.24, 2.45) is 14.1 Å². The number of fused-ring (bicyclic) bond motifs is 2. The van der Waals surface area contributed by atoms with Crippen LogP contribution in [0.25, 0.3) is 11.1 Å². The molecule has 3 aliphatic rings. The van der Waals surface area contributed by atoms with Gasteiger partial charge >= 0.3 is 6.09 Å². The van der Waals surface area contributed by atoms with Crippen molar-refractivity contribution in [3.63, 3.8) is 0 Å². The fourth-order valence-electron chi connectivity index (χ4n) is 8.65. The van der Waals surface area contributed by atoms with E-state index in [-0.39, 0.29) is 65.8 Å². The molecule has 2 aromatic heterocycles. The summed E-state index contributed by atoms with van der Waals surface area (Å²) in [6.07, 6.45) is 5.55. The van der Waals surface area contributed by atoms with Gasteiger partial charge in [-0.1, -0.05) is 12.1 Å². The lowest BCUT2D eigenvalue weighted by molar-refractivity contribution is -0.198. The molecule has 6 N–H and O–H groups in total. The van der Waals surface area contributed by atoms with Crippen molar-refractivity contribution in [1.82, 2.24) is 14.0 Å². The van der Waals surface area contributed by atoms with Crippen LogP contribution < -0.4 is 36.1 Å². The molecule has 18 heteroatoms. The molecular formula is C48H54N8O10. The first-order chi connectivity index (χ1) is 31.9. The number of nitrogens with zero attached hydrogens (tertiary/aromatic N) is 4. The van der Waals surface area contributed by atoms with E-state index in [1.165, 1.54) is 19.2 Å². The maximum absolute atomic E-state index is 14.1. The Kier molecular flexibility index (Phi) is 13.6. The number of nitrogens with one attached hydrogen (secondary N) is 3. The predicted octanol–water partition coefficient (Wildman–Crippen LogP) is 7.29. The SMILES string of the molecule is COc1cc2c(cc1OCCCC(=O)Nc1cc(C(=O)Nc3ccc(-c4cc(C(=O)Nc5ccc(N)cc5)n(C)c4)cc3)n(C)c1)N(C(=O)O)C(OC1CCCCO1)C1CCCCN1C2=O. The summed E-state index contributed by atoms with van der Waals surface area (Å²) in [5.41, 5.74) is 10.7. The van der Waals surface area contributed by atoms with Crippen LogP contribution in [-0.4, -0.2) is 94.3 Å². The highest BCUT2D eigenvalue weighted by Crippen LogP contribution is 2.42. The number of amides is 5. The molecule has 0 radical (unpaired) electrons. The van der Waals surface area contributed by atoms with Gasteiger partial charge in [-0.25, -0.2) is 9.69 Å². The van der Waals surface area contributed by atoms with Gasteiger partial charge < -0.3 is 59.8 Å². The number of rotatable bonds is 14. The Morgan fingerprint density at radius 1 is 0.788 bits per heavy atom. The van der Waals surface area contributed by atoms with Crippen LogP contribution in [0.1, 0.15) is 82.7 Å². The van der Waals surface area contributed by atoms with Gasteiger partial charge in [0, 0.05) is 74.8 Å². The lowest BCUT2D eigenvalue weighted by Crippen LogP contribution is -2.57. The van der Waals surface area contributed by atoms with Gasteiger partial charge in [0.25, 0.3) is 17.7 Å². The van der Waals surface area contributed by atoms with Crippen LogP contribution in [0.4, 0.5) is 33.2 Å². The van der Waals surface area contributed by atoms with Crippen LogP contribution in [0, 0.1) is 0 Å². The Labute approximate surface area is 381 Å². The number of benzene rings is 3. The number of hydrogen-bond donors (Lipinski definition) is 5. The number of methoxy groups -OCH3 is 1. The molecule has 8 rings (SSSR count). The number of piperidine rings is 1. The number of carbonyl (C=O) groups excluding carboxylic acids is 4. The van der Waals surface area contributed by atoms with Gasteiger partial charge in [-0.05, 0) is 105 Å². The van der Waals surface area contributed by atoms with Crippen LogP contribution in [-0.2, 0) is 28.4 Å². The number of hydrogen-bond acceptors (Lipinski definition) is 10. The van der Waals surface area contributed by atoms with Crippen molar-refractivity contribution < 1.29 is 48.0 Å². The van der Waals surface area contributed by atoms with Crippen molar-refractivity contribution in [3.05, 3.63) is 102 Å². The molecule has 0 spiro atoms. The molecule has 66 heavy (non-hydrogen) atoms. The summed E-state index contributed by atoms with van der Waals surface area (Å²) in [6.45, 7) is 1.05. The Morgan fingerprint density at radius 2 is 1.47 bits per heavy atom. The second-order valence-electron chi connectivity index (χ2n) is 16.6. The number of carboxylic acid groups (broad SMARTS) is 1. The average molecular weight is 903 g/mol. The van der Waals surface area contributed by atoms with E-state index >= 15 is 0 Å². The van der Waals surface area contributed by atoms with Gasteiger partial charge in [0.15, 0.2) is 24.0 Å². The molecule has 0 bridgehead atoms. The van der Waals surface area contributed by atoms with Crippen molar-refractivity contribution in [3.8, 4) is 22.6 Å². The maximum atomic E-state index is 14.1. The van der Waals surface area contributed by atoms with Gasteiger partial charge in [-0.15, -0.1) is 0 Å². The molecule has 2 saturated heterocycles. The monoisotopic (exact) mass is 902 g/mol. The zero-order chi connectivity index (χ0) is 46.5. The van der Waals surface area contributed by atoms with E-state index < -0.39 is 24.7 Å². The highest BCUT2D eigenvalue weighted by atomic mass is 16.7. The van der Waals surface area contributed by atoms with E-state index in [2.05, 4.69) is 16.0 Å². The lowest BCUT2D eigenvalue weighted by Gasteiger charge is -2.42. The van der Waals surface area contributed by atoms with Gasteiger partial charge in [0.05, 0.1) is 36.7 Å². The molecule has 5 heterocycles. The normalized spacial score (nSPS) is 18.1. The molecule has 0 aliphatic carbocycles. The first-order valence-corrected chi connectivity index (χ1v) is 22.0. The minimum atomic E-state index is -1.28. The van der Waals surface area contributed by atoms with Crippen LogP contribution in [0.15, 0.2) is 85.2 Å². The first kappa shape index (κ1) is 45.3. The summed E-state index contributed by atoms with van der Waals surface area (Å²) in [7, 11) is 4.94. The molecular weight excluding hydrogens is 849 g/mol. The minimum absolute atomic E-state index is 0.0693. The molecule has 2 fully saturated rings. The maximum Gasteiger partial charge on any atom is 0.414 e. The first-order valence-electron chi connectivity index (χ1n) is 22.0. The summed E-state index contributed by atoms with van der Waals surface area (Å²) < 4.78 is 27.3. The third-order valence-corrected chi connectivity index (χ3v) is 12.0. The fourth-order valence-corrected chi connectivity index (χ4v) is 8.65. The highest BCUT2D eigenvalue weighted by Gasteiger charge is 2.46. The summed E-state index contributed by atoms with van der Waals surface area (Å²) in [6, 6.07) is 20.0. The fraction of sp³-hybridized carbons (Fsp3) is 0.354. The summed E-state index contributed by atoms with van der Waals surface area (Å²) >= 11 is 0. The number of nitrogens with two attached hydrogens (primary N) is 1. The number of aryl methyl sites for hydroxylation is 2. The number of nitrogen functional groups attached to an aromatic ring is 1. The summed E-state index contributed by atoms with van der Waals surface area (Å²) in [4.78, 5) is 69.3. The number of anilines is 5. The number of carbonyl (C=O) groups is 5. The van der Waals surface area contributed by atoms with Crippen molar-refractivity contribution in [2.75, 3.05) is 53.5 Å². The Bertz CT molecular complexity index is 2600. The van der Waals surface area contributed by atoms with E-state index in [1.54, 1.807) is 82.9 Å². The smallest absolute Gasteiger partial charge is 0.414 e. The standard InChI is InChI=1S/C48H54N8O10/c1-53-27-30(23-38(53)44(58)52-33-18-14-31(49)15-19-33)29-12-16-32(17-13-29)51-45(59)39-24-34(28-54(39)2)50-42(57)10-8-22-64-41-26-37-35(25-40(41)63-3)46(60)55-20-6-4-9-36(55)47(56(37)48(61)62)66-43-11-5-7-21-65-43/h12-19,23-28,36,43,47H,4-11,20-22,49H2,1-3H3,(H,50,57)(H,51,59)(H,52,58)(H,61,62). The zero-order valence-corrected chi connectivity index (χ0v) is 37.1. The molecule has 346 valence electrons. The van der Waals surface area contributed by atoms with Crippen LogP contribution >= 0.6 is 0 Å². The summed E-state index contributed by atoms with van der Waals surface area (Å²) in [5.74, 6) is -0.811. The molecule has 3 aliphatic heterocycles. The molecule has 0 saturated carbocycles. The lowest BCUT2D eigenvalue weighted by atomic mass is 10.00. The summed E-state index contributed by atoms with van der Waals surface area (Å²) in [5, 5.41) is 19.3. The van der Waals surface area contributed by atoms with E-state index in [9.17, 15) is 29.1 Å². The van der Waals surface area contributed by atoms with Crippen LogP contribution in [0.5, 0.6) is 11.5 Å². The van der Waals surface area contributed by atoms with Gasteiger partial charge in [0.2, 0.25) is 5.91 Å². The van der Waals surface area contributed by atoms with Crippen LogP contribution in [0.3, 0.4) is 0 Å². The Morgan fingerprint density at radius 3 is 2.15 bits per heavy atom. The second-order valence-corrected chi connectivity index (χ2v) is 16.6. The van der Waals surface area contributed by atoms with Gasteiger partial charge in [-0.2, -0.15) is 0 Å². The van der Waals surface area contributed by atoms with Crippen LogP contribution in [0.2, 0.25) is 0 Å². The molecule has 18 nitrogen and oxygen atoms in total. The molecule has 3 atom stereocenters. The van der Waals surface area contributed by atoms with E-state index in [1.807, 2.05) is 18.3 Å². The molecule has 5 amide bonds. The zero-order valence-electron chi connectivity index (χ0n) is 37.1. The van der Waals surface area contributed by atoms with Crippen molar-refractivity contribution in [2.45, 2.75) is 69.9 Å². The van der Waals surface area contributed by atoms with Crippen molar-refractivity contribution in [1.29, 1.82) is 0 Å². The number of ether oxygens (including phenoxy) is 4. The van der Waals surface area contributed by atoms with Gasteiger partial charge in [-0.3, -0.25) is 19.2 Å². The van der Waals surface area contributed by atoms with Crippen molar-refractivity contribution >= 4 is 58.2 Å². The molecule has 3 aromatic carbocycles. The Balaban J connectivity index is 0.863. The average Bonchev–Trinajstić information content (AvgIpc) is 3.87. The second kappa shape index (κ2) is 19.8. The third-order valence-electron chi connectivity index (χ3n) is 12.0. The third kappa shape index (κ3) is 9.99. The van der Waals surface area contributed by atoms with E-state index in [4.69, 9.17) is 24.7 Å². The minimum Gasteiger partial charge on any atom is -0.493 e.